The largest absolute Gasteiger partial charge is 0.466 e. The average molecular weight is 221 g/mol. The van der Waals surface area contributed by atoms with Gasteiger partial charge in [0.1, 0.15) is 11.5 Å². The maximum atomic E-state index is 5.52. The Kier molecular flexibility index (Phi) is 3.11. The minimum absolute atomic E-state index is 0.590. The molecule has 1 saturated carbocycles. The number of hydrogen-bond acceptors (Lipinski definition) is 2. The summed E-state index contributed by atoms with van der Waals surface area (Å²) in [4.78, 5) is 0. The van der Waals surface area contributed by atoms with Gasteiger partial charge < -0.3 is 9.73 Å². The van der Waals surface area contributed by atoms with E-state index in [0.717, 1.165) is 30.5 Å². The van der Waals surface area contributed by atoms with Gasteiger partial charge in [0.15, 0.2) is 0 Å². The van der Waals surface area contributed by atoms with Gasteiger partial charge in [-0.15, -0.1) is 0 Å². The first-order chi connectivity index (χ1) is 7.53. The van der Waals surface area contributed by atoms with Crippen LogP contribution in [0.15, 0.2) is 10.5 Å². The van der Waals surface area contributed by atoms with Crippen molar-refractivity contribution in [3.05, 3.63) is 23.2 Å². The standard InChI is InChI=1S/C14H23NO/c1-10(2)14(5-6-14)9-15-8-13-7-11(3)16-12(13)4/h7,10,15H,5-6,8-9H2,1-4H3. The van der Waals surface area contributed by atoms with E-state index in [4.69, 9.17) is 4.42 Å². The molecule has 1 fully saturated rings. The van der Waals surface area contributed by atoms with E-state index in [0.29, 0.717) is 5.41 Å². The molecule has 0 aromatic carbocycles. The monoisotopic (exact) mass is 221 g/mol. The molecule has 0 atom stereocenters. The summed E-state index contributed by atoms with van der Waals surface area (Å²) in [6, 6.07) is 2.14. The van der Waals surface area contributed by atoms with E-state index in [-0.39, 0.29) is 0 Å². The molecule has 0 radical (unpaired) electrons. The lowest BCUT2D eigenvalue weighted by Crippen LogP contribution is -2.27. The van der Waals surface area contributed by atoms with Crippen molar-refractivity contribution < 1.29 is 4.42 Å². The summed E-state index contributed by atoms with van der Waals surface area (Å²) in [6.07, 6.45) is 2.78. The summed E-state index contributed by atoms with van der Waals surface area (Å²) in [7, 11) is 0. The van der Waals surface area contributed by atoms with Crippen LogP contribution in [0.2, 0.25) is 0 Å². The van der Waals surface area contributed by atoms with Crippen molar-refractivity contribution in [3.63, 3.8) is 0 Å². The van der Waals surface area contributed by atoms with Crippen molar-refractivity contribution >= 4 is 0 Å². The average Bonchev–Trinajstić information content (AvgIpc) is 2.91. The molecule has 0 aliphatic heterocycles. The molecule has 0 spiro atoms. The van der Waals surface area contributed by atoms with Crippen molar-refractivity contribution in [2.75, 3.05) is 6.54 Å². The van der Waals surface area contributed by atoms with E-state index in [1.807, 2.05) is 13.8 Å². The zero-order chi connectivity index (χ0) is 11.8. The third kappa shape index (κ3) is 2.32. The zero-order valence-electron chi connectivity index (χ0n) is 10.9. The van der Waals surface area contributed by atoms with E-state index in [9.17, 15) is 0 Å². The van der Waals surface area contributed by atoms with Gasteiger partial charge in [-0.25, -0.2) is 0 Å². The number of nitrogens with one attached hydrogen (secondary N) is 1. The van der Waals surface area contributed by atoms with Crippen LogP contribution in [0.5, 0.6) is 0 Å². The lowest BCUT2D eigenvalue weighted by Gasteiger charge is -2.19. The van der Waals surface area contributed by atoms with Crippen LogP contribution in [0.1, 0.15) is 43.8 Å². The Labute approximate surface area is 98.4 Å². The van der Waals surface area contributed by atoms with Gasteiger partial charge in [0.25, 0.3) is 0 Å². The van der Waals surface area contributed by atoms with E-state index >= 15 is 0 Å². The summed E-state index contributed by atoms with van der Waals surface area (Å²) in [6.45, 7) is 10.8. The first-order valence-corrected chi connectivity index (χ1v) is 6.30. The lowest BCUT2D eigenvalue weighted by atomic mass is 9.92. The molecule has 0 bridgehead atoms. The summed E-state index contributed by atoms with van der Waals surface area (Å²) in [5.74, 6) is 2.87. The SMILES string of the molecule is Cc1cc(CNCC2(C(C)C)CC2)c(C)o1. The van der Waals surface area contributed by atoms with Crippen LogP contribution in [0, 0.1) is 25.2 Å². The molecule has 1 N–H and O–H groups in total. The topological polar surface area (TPSA) is 25.2 Å². The van der Waals surface area contributed by atoms with E-state index in [1.54, 1.807) is 0 Å². The Morgan fingerprint density at radius 1 is 1.38 bits per heavy atom. The van der Waals surface area contributed by atoms with Gasteiger partial charge in [-0.3, -0.25) is 0 Å². The molecule has 1 aliphatic rings. The number of aryl methyl sites for hydroxylation is 2. The van der Waals surface area contributed by atoms with Crippen LogP contribution >= 0.6 is 0 Å². The van der Waals surface area contributed by atoms with Crippen LogP contribution in [0.3, 0.4) is 0 Å². The molecular weight excluding hydrogens is 198 g/mol. The Balaban J connectivity index is 1.82. The minimum Gasteiger partial charge on any atom is -0.466 e. The van der Waals surface area contributed by atoms with Gasteiger partial charge in [0.2, 0.25) is 0 Å². The molecule has 2 rings (SSSR count). The first kappa shape index (κ1) is 11.7. The molecule has 1 aliphatic carbocycles. The normalized spacial score (nSPS) is 18.1. The molecule has 2 heteroatoms. The Bertz CT molecular complexity index is 361. The van der Waals surface area contributed by atoms with Crippen LogP contribution in [0.4, 0.5) is 0 Å². The highest BCUT2D eigenvalue weighted by atomic mass is 16.3. The van der Waals surface area contributed by atoms with Crippen molar-refractivity contribution in [2.24, 2.45) is 11.3 Å². The molecule has 2 nitrogen and oxygen atoms in total. The molecular formula is C14H23NO. The van der Waals surface area contributed by atoms with Crippen LogP contribution < -0.4 is 5.32 Å². The predicted molar refractivity (Wildman–Crippen MR) is 66.4 cm³/mol. The highest BCUT2D eigenvalue weighted by Gasteiger charge is 2.44. The van der Waals surface area contributed by atoms with Gasteiger partial charge in [0, 0.05) is 18.7 Å². The smallest absolute Gasteiger partial charge is 0.105 e. The van der Waals surface area contributed by atoms with E-state index < -0.39 is 0 Å². The maximum absolute atomic E-state index is 5.52. The third-order valence-electron chi connectivity index (χ3n) is 4.05. The van der Waals surface area contributed by atoms with Crippen molar-refractivity contribution in [1.82, 2.24) is 5.32 Å². The Hall–Kier alpha value is -0.760. The van der Waals surface area contributed by atoms with Crippen LogP contribution in [-0.2, 0) is 6.54 Å². The summed E-state index contributed by atoms with van der Waals surface area (Å²) in [5.41, 5.74) is 1.89. The number of hydrogen-bond donors (Lipinski definition) is 1. The third-order valence-corrected chi connectivity index (χ3v) is 4.05. The zero-order valence-corrected chi connectivity index (χ0v) is 10.9. The van der Waals surface area contributed by atoms with Crippen molar-refractivity contribution in [1.29, 1.82) is 0 Å². The second-order valence-corrected chi connectivity index (χ2v) is 5.56. The van der Waals surface area contributed by atoms with E-state index in [2.05, 4.69) is 25.2 Å². The molecule has 1 aromatic heterocycles. The highest BCUT2D eigenvalue weighted by molar-refractivity contribution is 5.19. The second-order valence-electron chi connectivity index (χ2n) is 5.56. The molecule has 1 aromatic rings. The fourth-order valence-electron chi connectivity index (χ4n) is 2.42. The fraction of sp³-hybridized carbons (Fsp3) is 0.714. The fourth-order valence-corrected chi connectivity index (χ4v) is 2.42. The van der Waals surface area contributed by atoms with E-state index in [1.165, 1.54) is 18.4 Å². The molecule has 90 valence electrons. The molecule has 16 heavy (non-hydrogen) atoms. The first-order valence-electron chi connectivity index (χ1n) is 6.30. The van der Waals surface area contributed by atoms with Gasteiger partial charge >= 0.3 is 0 Å². The van der Waals surface area contributed by atoms with Gasteiger partial charge in [-0.05, 0) is 44.1 Å². The number of furan rings is 1. The summed E-state index contributed by atoms with van der Waals surface area (Å²) >= 11 is 0. The number of rotatable bonds is 5. The Morgan fingerprint density at radius 3 is 2.50 bits per heavy atom. The van der Waals surface area contributed by atoms with Gasteiger partial charge in [0.05, 0.1) is 0 Å². The highest BCUT2D eigenvalue weighted by Crippen LogP contribution is 2.51. The molecule has 0 unspecified atom stereocenters. The summed E-state index contributed by atoms with van der Waals surface area (Å²) < 4.78 is 5.52. The van der Waals surface area contributed by atoms with Gasteiger partial charge in [-0.1, -0.05) is 13.8 Å². The van der Waals surface area contributed by atoms with Gasteiger partial charge in [-0.2, -0.15) is 0 Å². The Morgan fingerprint density at radius 2 is 2.06 bits per heavy atom. The second kappa shape index (κ2) is 4.25. The van der Waals surface area contributed by atoms with Crippen molar-refractivity contribution in [3.8, 4) is 0 Å². The predicted octanol–water partition coefficient (Wildman–Crippen LogP) is 3.42. The van der Waals surface area contributed by atoms with Crippen LogP contribution in [0.25, 0.3) is 0 Å². The van der Waals surface area contributed by atoms with Crippen LogP contribution in [-0.4, -0.2) is 6.54 Å². The minimum atomic E-state index is 0.590. The van der Waals surface area contributed by atoms with Crippen molar-refractivity contribution in [2.45, 2.75) is 47.1 Å². The molecule has 1 heterocycles. The maximum Gasteiger partial charge on any atom is 0.105 e. The molecule has 0 saturated heterocycles. The lowest BCUT2D eigenvalue weighted by molar-refractivity contribution is 0.337. The molecule has 0 amide bonds. The summed E-state index contributed by atoms with van der Waals surface area (Å²) in [5, 5.41) is 3.58. The quantitative estimate of drug-likeness (QED) is 0.824.